The van der Waals surface area contributed by atoms with Gasteiger partial charge in [0.2, 0.25) is 0 Å². The van der Waals surface area contributed by atoms with Crippen molar-refractivity contribution in [2.75, 3.05) is 5.43 Å². The average molecular weight is 486 g/mol. The Kier molecular flexibility index (Phi) is 7.40. The fraction of sp³-hybridized carbons (Fsp3) is 0. The first kappa shape index (κ1) is 23.5. The van der Waals surface area contributed by atoms with Gasteiger partial charge < -0.3 is 0 Å². The summed E-state index contributed by atoms with van der Waals surface area (Å²) in [6, 6.07) is 29.1. The van der Waals surface area contributed by atoms with E-state index in [1.165, 1.54) is 24.3 Å². The molecular formula is C24H19N7O3S. The van der Waals surface area contributed by atoms with Crippen LogP contribution in [0, 0.1) is 0 Å². The molecule has 0 unspecified atom stereocenters. The van der Waals surface area contributed by atoms with E-state index in [0.29, 0.717) is 17.1 Å². The van der Waals surface area contributed by atoms with Gasteiger partial charge in [-0.2, -0.15) is 28.9 Å². The largest absolute Gasteiger partial charge is 0.294 e. The van der Waals surface area contributed by atoms with Gasteiger partial charge in [-0.25, -0.2) is 0 Å². The van der Waals surface area contributed by atoms with Crippen molar-refractivity contribution in [1.82, 2.24) is 0 Å². The van der Waals surface area contributed by atoms with Crippen LogP contribution in [0.1, 0.15) is 0 Å². The maximum absolute atomic E-state index is 11.1. The normalized spacial score (nSPS) is 12.0. The topological polar surface area (TPSA) is 141 Å². The molecule has 0 saturated carbocycles. The quantitative estimate of drug-likeness (QED) is 0.149. The highest BCUT2D eigenvalue weighted by atomic mass is 32.2. The molecule has 10 nitrogen and oxygen atoms in total. The molecule has 4 aromatic carbocycles. The first-order valence-corrected chi connectivity index (χ1v) is 11.7. The Morgan fingerprint density at radius 2 is 0.914 bits per heavy atom. The van der Waals surface area contributed by atoms with Gasteiger partial charge in [-0.1, -0.05) is 23.4 Å². The summed E-state index contributed by atoms with van der Waals surface area (Å²) in [5.74, 6) is 0. The molecule has 0 aliphatic carbocycles. The Labute approximate surface area is 201 Å². The first-order valence-electron chi connectivity index (χ1n) is 10.3. The average Bonchev–Trinajstić information content (AvgIpc) is 2.88. The molecule has 0 heterocycles. The molecule has 11 heteroatoms. The number of hydrogen-bond acceptors (Lipinski definition) is 8. The van der Waals surface area contributed by atoms with Crippen molar-refractivity contribution >= 4 is 44.2 Å². The summed E-state index contributed by atoms with van der Waals surface area (Å²) in [5.41, 5.74) is 6.74. The molecule has 0 aromatic heterocycles. The first-order chi connectivity index (χ1) is 17.0. The van der Waals surface area contributed by atoms with Gasteiger partial charge in [0.15, 0.2) is 0 Å². The molecule has 2 N–H and O–H groups in total. The molecule has 0 fully saturated rings. The third-order valence-corrected chi connectivity index (χ3v) is 5.38. The maximum atomic E-state index is 11.1. The minimum absolute atomic E-state index is 0.204. The molecule has 0 atom stereocenters. The number of rotatable bonds is 8. The van der Waals surface area contributed by atoms with E-state index < -0.39 is 10.1 Å². The van der Waals surface area contributed by atoms with Crippen molar-refractivity contribution in [3.8, 4) is 0 Å². The van der Waals surface area contributed by atoms with E-state index in [1.807, 2.05) is 54.6 Å². The van der Waals surface area contributed by atoms with Crippen LogP contribution in [-0.4, -0.2) is 13.0 Å². The van der Waals surface area contributed by atoms with Crippen LogP contribution in [-0.2, 0) is 10.1 Å². The van der Waals surface area contributed by atoms with Crippen molar-refractivity contribution in [3.05, 3.63) is 103 Å². The van der Waals surface area contributed by atoms with E-state index in [-0.39, 0.29) is 4.90 Å². The van der Waals surface area contributed by atoms with E-state index in [2.05, 4.69) is 36.2 Å². The number of benzene rings is 4. The molecule has 0 amide bonds. The van der Waals surface area contributed by atoms with Crippen LogP contribution in [0.4, 0.5) is 34.1 Å². The van der Waals surface area contributed by atoms with Crippen LogP contribution >= 0.6 is 0 Å². The number of hydrogen-bond donors (Lipinski definition) is 2. The molecule has 0 aliphatic rings. The summed E-state index contributed by atoms with van der Waals surface area (Å²) in [7, 11) is -4.24. The summed E-state index contributed by atoms with van der Waals surface area (Å²) in [4.78, 5) is -0.204. The SMILES string of the molecule is O=S(=O)(O)c1ccc(N=Nc2ccc(N=NNc3ccc(N=Nc4ccccc4)cc3)cc2)cc1. The van der Waals surface area contributed by atoms with Crippen LogP contribution < -0.4 is 5.43 Å². The highest BCUT2D eigenvalue weighted by Crippen LogP contribution is 2.24. The number of nitrogens with zero attached hydrogens (tertiary/aromatic N) is 6. The molecule has 0 aliphatic heterocycles. The summed E-state index contributed by atoms with van der Waals surface area (Å²) < 4.78 is 31.1. The van der Waals surface area contributed by atoms with Gasteiger partial charge in [0.05, 0.1) is 39.0 Å². The zero-order valence-electron chi connectivity index (χ0n) is 18.2. The molecule has 0 bridgehead atoms. The lowest BCUT2D eigenvalue weighted by Crippen LogP contribution is -1.96. The molecule has 0 radical (unpaired) electrons. The lowest BCUT2D eigenvalue weighted by atomic mass is 10.3. The smallest absolute Gasteiger partial charge is 0.282 e. The molecule has 0 saturated heterocycles. The predicted octanol–water partition coefficient (Wildman–Crippen LogP) is 7.87. The van der Waals surface area contributed by atoms with Gasteiger partial charge in [0.1, 0.15) is 0 Å². The zero-order chi connectivity index (χ0) is 24.5. The second-order valence-corrected chi connectivity index (χ2v) is 8.50. The Hall–Kier alpha value is -4.61. The van der Waals surface area contributed by atoms with E-state index >= 15 is 0 Å². The molecule has 174 valence electrons. The van der Waals surface area contributed by atoms with Crippen LogP contribution in [0.25, 0.3) is 0 Å². The Balaban J connectivity index is 1.30. The summed E-state index contributed by atoms with van der Waals surface area (Å²) >= 11 is 0. The van der Waals surface area contributed by atoms with Gasteiger partial charge >= 0.3 is 0 Å². The van der Waals surface area contributed by atoms with E-state index in [9.17, 15) is 8.42 Å². The Morgan fingerprint density at radius 1 is 0.514 bits per heavy atom. The van der Waals surface area contributed by atoms with Gasteiger partial charge in [0.25, 0.3) is 10.1 Å². The number of nitrogens with one attached hydrogen (secondary N) is 1. The predicted molar refractivity (Wildman–Crippen MR) is 132 cm³/mol. The van der Waals surface area contributed by atoms with Crippen molar-refractivity contribution in [1.29, 1.82) is 0 Å². The maximum Gasteiger partial charge on any atom is 0.294 e. The van der Waals surface area contributed by atoms with E-state index in [0.717, 1.165) is 17.1 Å². The summed E-state index contributed by atoms with van der Waals surface area (Å²) in [6.07, 6.45) is 0. The minimum Gasteiger partial charge on any atom is -0.282 e. The highest BCUT2D eigenvalue weighted by molar-refractivity contribution is 7.85. The van der Waals surface area contributed by atoms with Crippen LogP contribution in [0.2, 0.25) is 0 Å². The lowest BCUT2D eigenvalue weighted by Gasteiger charge is -2.00. The fourth-order valence-corrected chi connectivity index (χ4v) is 3.22. The van der Waals surface area contributed by atoms with Crippen LogP contribution in [0.5, 0.6) is 0 Å². The van der Waals surface area contributed by atoms with Crippen molar-refractivity contribution in [2.45, 2.75) is 4.90 Å². The van der Waals surface area contributed by atoms with Crippen LogP contribution in [0.3, 0.4) is 0 Å². The standard InChI is InChI=1S/C24H19N7O3S/c32-35(33,34)24-16-14-21(15-17-24)28-27-20-8-12-23(13-9-20)30-31-29-22-10-6-19(7-11-22)26-25-18-4-2-1-3-5-18/h1-17H,(H,29,30)(H,32,33,34). The summed E-state index contributed by atoms with van der Waals surface area (Å²) in [5, 5.41) is 24.6. The number of anilines is 1. The van der Waals surface area contributed by atoms with Gasteiger partial charge in [-0.05, 0) is 84.9 Å². The van der Waals surface area contributed by atoms with Gasteiger partial charge in [-0.15, -0.1) is 5.11 Å². The highest BCUT2D eigenvalue weighted by Gasteiger charge is 2.08. The Bertz CT molecular complexity index is 1450. The van der Waals surface area contributed by atoms with Crippen molar-refractivity contribution in [3.63, 3.8) is 0 Å². The summed E-state index contributed by atoms with van der Waals surface area (Å²) in [6.45, 7) is 0. The van der Waals surface area contributed by atoms with Gasteiger partial charge in [-0.3, -0.25) is 9.98 Å². The van der Waals surface area contributed by atoms with Crippen molar-refractivity contribution in [2.24, 2.45) is 30.8 Å². The molecule has 4 rings (SSSR count). The third kappa shape index (κ3) is 7.19. The van der Waals surface area contributed by atoms with Gasteiger partial charge in [0, 0.05) is 0 Å². The van der Waals surface area contributed by atoms with E-state index in [1.54, 1.807) is 24.3 Å². The van der Waals surface area contributed by atoms with Crippen molar-refractivity contribution < 1.29 is 13.0 Å². The van der Waals surface area contributed by atoms with Crippen LogP contribution in [0.15, 0.2) is 139 Å². The Morgan fingerprint density at radius 3 is 1.40 bits per heavy atom. The van der Waals surface area contributed by atoms with E-state index in [4.69, 9.17) is 4.55 Å². The lowest BCUT2D eigenvalue weighted by molar-refractivity contribution is 0.483. The molecule has 4 aromatic rings. The second-order valence-electron chi connectivity index (χ2n) is 7.08. The monoisotopic (exact) mass is 485 g/mol. The number of azo groups is 2. The second kappa shape index (κ2) is 11.0. The molecule has 0 spiro atoms. The fourth-order valence-electron chi connectivity index (χ4n) is 2.74. The molecular weight excluding hydrogens is 466 g/mol. The molecule has 35 heavy (non-hydrogen) atoms. The third-order valence-electron chi connectivity index (χ3n) is 4.51. The zero-order valence-corrected chi connectivity index (χ0v) is 19.0. The minimum atomic E-state index is -4.24.